The van der Waals surface area contributed by atoms with Crippen molar-refractivity contribution in [1.82, 2.24) is 9.97 Å². The predicted molar refractivity (Wildman–Crippen MR) is 72.4 cm³/mol. The fraction of sp³-hybridized carbons (Fsp3) is 0.333. The first-order valence-electron chi connectivity index (χ1n) is 6.03. The number of hydrogen-bond donors (Lipinski definition) is 2. The molecule has 7 heteroatoms. The number of nitrogens with one attached hydrogen (secondary N) is 2. The van der Waals surface area contributed by atoms with E-state index in [2.05, 4.69) is 15.3 Å². The van der Waals surface area contributed by atoms with Gasteiger partial charge in [-0.25, -0.2) is 4.98 Å². The van der Waals surface area contributed by atoms with Crippen molar-refractivity contribution >= 4 is 22.3 Å². The molecule has 0 saturated heterocycles. The summed E-state index contributed by atoms with van der Waals surface area (Å²) >= 11 is 0. The van der Waals surface area contributed by atoms with Crippen LogP contribution in [0, 0.1) is 10.1 Å². The van der Waals surface area contributed by atoms with Crippen LogP contribution in [0.25, 0.3) is 10.9 Å². The third kappa shape index (κ3) is 2.70. The Kier molecular flexibility index (Phi) is 3.74. The molecule has 2 aromatic rings. The number of anilines is 1. The van der Waals surface area contributed by atoms with Crippen molar-refractivity contribution in [2.24, 2.45) is 0 Å². The van der Waals surface area contributed by atoms with Crippen molar-refractivity contribution in [3.05, 3.63) is 38.9 Å². The second-order valence-electron chi connectivity index (χ2n) is 4.16. The van der Waals surface area contributed by atoms with Crippen LogP contribution in [0.3, 0.4) is 0 Å². The highest BCUT2D eigenvalue weighted by atomic mass is 16.6. The van der Waals surface area contributed by atoms with Crippen LogP contribution >= 0.6 is 0 Å². The van der Waals surface area contributed by atoms with Gasteiger partial charge in [-0.3, -0.25) is 14.9 Å². The van der Waals surface area contributed by atoms with Crippen molar-refractivity contribution in [1.29, 1.82) is 0 Å². The van der Waals surface area contributed by atoms with Crippen molar-refractivity contribution in [2.75, 3.05) is 11.9 Å². The Morgan fingerprint density at radius 1 is 1.47 bits per heavy atom. The van der Waals surface area contributed by atoms with Gasteiger partial charge in [0.2, 0.25) is 0 Å². The summed E-state index contributed by atoms with van der Waals surface area (Å²) < 4.78 is 0. The number of aromatic amines is 1. The number of H-pyrrole nitrogens is 1. The first kappa shape index (κ1) is 13.0. The predicted octanol–water partition coefficient (Wildman–Crippen LogP) is 2.04. The lowest BCUT2D eigenvalue weighted by atomic mass is 10.2. The lowest BCUT2D eigenvalue weighted by Crippen LogP contribution is -2.09. The number of fused-ring (bicyclic) bond motifs is 1. The largest absolute Gasteiger partial charge is 0.379 e. The van der Waals surface area contributed by atoms with E-state index in [1.165, 1.54) is 12.4 Å². The van der Waals surface area contributed by atoms with Crippen molar-refractivity contribution in [3.63, 3.8) is 0 Å². The highest BCUT2D eigenvalue weighted by Crippen LogP contribution is 2.27. The molecule has 0 fully saturated rings. The quantitative estimate of drug-likeness (QED) is 0.488. The third-order valence-electron chi connectivity index (χ3n) is 2.80. The van der Waals surface area contributed by atoms with Gasteiger partial charge in [0.1, 0.15) is 5.69 Å². The Bertz CT molecular complexity index is 666. The number of unbranched alkanes of at least 4 members (excludes halogenated alkanes) is 1. The number of nitrogens with zero attached hydrogens (tertiary/aromatic N) is 2. The molecular weight excluding hydrogens is 248 g/mol. The van der Waals surface area contributed by atoms with E-state index < -0.39 is 4.92 Å². The second-order valence-corrected chi connectivity index (χ2v) is 4.16. The maximum absolute atomic E-state index is 11.6. The van der Waals surface area contributed by atoms with Gasteiger partial charge in [0.25, 0.3) is 11.2 Å². The Morgan fingerprint density at radius 2 is 2.26 bits per heavy atom. The molecule has 100 valence electrons. The molecule has 19 heavy (non-hydrogen) atoms. The molecule has 0 amide bonds. The molecule has 0 aliphatic rings. The van der Waals surface area contributed by atoms with E-state index in [0.29, 0.717) is 17.7 Å². The minimum Gasteiger partial charge on any atom is -0.379 e. The van der Waals surface area contributed by atoms with Gasteiger partial charge < -0.3 is 10.3 Å². The fourth-order valence-corrected chi connectivity index (χ4v) is 1.80. The van der Waals surface area contributed by atoms with Crippen LogP contribution in [0.2, 0.25) is 0 Å². The normalized spacial score (nSPS) is 10.6. The molecule has 0 bridgehead atoms. The molecule has 0 aliphatic carbocycles. The molecule has 0 unspecified atom stereocenters. The zero-order chi connectivity index (χ0) is 13.8. The van der Waals surface area contributed by atoms with Gasteiger partial charge in [-0.2, -0.15) is 0 Å². The lowest BCUT2D eigenvalue weighted by Gasteiger charge is -2.07. The third-order valence-corrected chi connectivity index (χ3v) is 2.80. The van der Waals surface area contributed by atoms with Crippen LogP contribution in [0.1, 0.15) is 19.8 Å². The zero-order valence-corrected chi connectivity index (χ0v) is 10.5. The van der Waals surface area contributed by atoms with Crippen LogP contribution in [-0.4, -0.2) is 21.4 Å². The SMILES string of the molecule is CCCCNc1cc2nc[nH]c(=O)c2cc1[N+](=O)[O-]. The number of rotatable bonds is 5. The fourth-order valence-electron chi connectivity index (χ4n) is 1.80. The molecule has 1 aromatic heterocycles. The molecule has 2 rings (SSSR count). The van der Waals surface area contributed by atoms with Crippen molar-refractivity contribution in [3.8, 4) is 0 Å². The molecule has 0 aliphatic heterocycles. The summed E-state index contributed by atoms with van der Waals surface area (Å²) in [5, 5.41) is 14.3. The number of nitro groups is 1. The average molecular weight is 262 g/mol. The monoisotopic (exact) mass is 262 g/mol. The smallest absolute Gasteiger partial charge is 0.293 e. The highest BCUT2D eigenvalue weighted by Gasteiger charge is 2.16. The Morgan fingerprint density at radius 3 is 2.95 bits per heavy atom. The van der Waals surface area contributed by atoms with E-state index >= 15 is 0 Å². The van der Waals surface area contributed by atoms with E-state index in [1.807, 2.05) is 6.92 Å². The van der Waals surface area contributed by atoms with Gasteiger partial charge in [-0.15, -0.1) is 0 Å². The first-order valence-corrected chi connectivity index (χ1v) is 6.03. The maximum Gasteiger partial charge on any atom is 0.293 e. The van der Waals surface area contributed by atoms with Crippen molar-refractivity contribution < 1.29 is 4.92 Å². The number of aromatic nitrogens is 2. The van der Waals surface area contributed by atoms with Gasteiger partial charge in [0.15, 0.2) is 0 Å². The van der Waals surface area contributed by atoms with Crippen LogP contribution in [0.5, 0.6) is 0 Å². The molecule has 0 spiro atoms. The van der Waals surface area contributed by atoms with Crippen molar-refractivity contribution in [2.45, 2.75) is 19.8 Å². The van der Waals surface area contributed by atoms with Gasteiger partial charge in [-0.05, 0) is 12.5 Å². The number of benzene rings is 1. The molecule has 1 aromatic carbocycles. The number of hydrogen-bond acceptors (Lipinski definition) is 5. The topological polar surface area (TPSA) is 101 Å². The summed E-state index contributed by atoms with van der Waals surface area (Å²) in [4.78, 5) is 28.5. The van der Waals surface area contributed by atoms with Gasteiger partial charge >= 0.3 is 0 Å². The second kappa shape index (κ2) is 5.47. The minimum atomic E-state index is -0.500. The van der Waals surface area contributed by atoms with Crippen LogP contribution < -0.4 is 10.9 Å². The van der Waals surface area contributed by atoms with E-state index in [-0.39, 0.29) is 16.6 Å². The Hall–Kier alpha value is -2.44. The van der Waals surface area contributed by atoms with Gasteiger partial charge in [0, 0.05) is 12.6 Å². The Balaban J connectivity index is 2.52. The van der Waals surface area contributed by atoms with Crippen LogP contribution in [0.4, 0.5) is 11.4 Å². The summed E-state index contributed by atoms with van der Waals surface area (Å²) in [6.45, 7) is 2.68. The lowest BCUT2D eigenvalue weighted by molar-refractivity contribution is -0.383. The van der Waals surface area contributed by atoms with E-state index in [1.54, 1.807) is 6.07 Å². The summed E-state index contributed by atoms with van der Waals surface area (Å²) in [6, 6.07) is 2.80. The highest BCUT2D eigenvalue weighted by molar-refractivity contribution is 5.86. The molecule has 0 atom stereocenters. The van der Waals surface area contributed by atoms with Crippen LogP contribution in [-0.2, 0) is 0 Å². The molecule has 0 saturated carbocycles. The summed E-state index contributed by atoms with van der Waals surface area (Å²) in [6.07, 6.45) is 3.19. The first-order chi connectivity index (χ1) is 9.13. The van der Waals surface area contributed by atoms with E-state index in [0.717, 1.165) is 12.8 Å². The molecule has 0 radical (unpaired) electrons. The molecule has 2 N–H and O–H groups in total. The summed E-state index contributed by atoms with van der Waals surface area (Å²) in [7, 11) is 0. The minimum absolute atomic E-state index is 0.109. The van der Waals surface area contributed by atoms with E-state index in [4.69, 9.17) is 0 Å². The maximum atomic E-state index is 11.6. The summed E-state index contributed by atoms with van der Waals surface area (Å²) in [5.41, 5.74) is 0.340. The van der Waals surface area contributed by atoms with Gasteiger partial charge in [-0.1, -0.05) is 13.3 Å². The Labute approximate surface area is 108 Å². The number of nitro benzene ring substituents is 1. The molecule has 1 heterocycles. The standard InChI is InChI=1S/C12H14N4O3/c1-2-3-4-13-10-6-9-8(5-11(10)16(18)19)12(17)15-7-14-9/h5-7,13H,2-4H2,1H3,(H,14,15,17). The summed E-state index contributed by atoms with van der Waals surface area (Å²) in [5.74, 6) is 0. The average Bonchev–Trinajstić information content (AvgIpc) is 2.38. The van der Waals surface area contributed by atoms with E-state index in [9.17, 15) is 14.9 Å². The van der Waals surface area contributed by atoms with Gasteiger partial charge in [0.05, 0.1) is 22.2 Å². The zero-order valence-electron chi connectivity index (χ0n) is 10.5. The molecular formula is C12H14N4O3. The molecule has 7 nitrogen and oxygen atoms in total. The van der Waals surface area contributed by atoms with Crippen LogP contribution in [0.15, 0.2) is 23.3 Å².